The minimum absolute atomic E-state index is 0.283. The van der Waals surface area contributed by atoms with Crippen molar-refractivity contribution < 1.29 is 4.39 Å². The van der Waals surface area contributed by atoms with Crippen molar-refractivity contribution in [2.24, 2.45) is 5.73 Å². The molecule has 0 aliphatic carbocycles. The Kier molecular flexibility index (Phi) is 3.69. The molecule has 2 aromatic rings. The predicted molar refractivity (Wildman–Crippen MR) is 73.4 cm³/mol. The van der Waals surface area contributed by atoms with E-state index in [1.165, 1.54) is 12.1 Å². The average Bonchev–Trinajstić information content (AvgIpc) is 2.35. The summed E-state index contributed by atoms with van der Waals surface area (Å²) in [7, 11) is 0. The van der Waals surface area contributed by atoms with Gasteiger partial charge in [0.05, 0.1) is 6.04 Å². The van der Waals surface area contributed by atoms with Crippen LogP contribution in [0.15, 0.2) is 36.4 Å². The van der Waals surface area contributed by atoms with Crippen LogP contribution in [0.2, 0.25) is 5.02 Å². The van der Waals surface area contributed by atoms with Crippen molar-refractivity contribution in [3.8, 4) is 0 Å². The Hall–Kier alpha value is -1.38. The van der Waals surface area contributed by atoms with E-state index in [4.69, 9.17) is 17.3 Å². The van der Waals surface area contributed by atoms with Gasteiger partial charge in [-0.25, -0.2) is 4.39 Å². The van der Waals surface area contributed by atoms with Gasteiger partial charge in [0, 0.05) is 5.02 Å². The lowest BCUT2D eigenvalue weighted by molar-refractivity contribution is 0.622. The van der Waals surface area contributed by atoms with Crippen molar-refractivity contribution in [2.75, 3.05) is 0 Å². The Morgan fingerprint density at radius 1 is 1.06 bits per heavy atom. The molecule has 0 saturated carbocycles. The zero-order valence-electron chi connectivity index (χ0n) is 10.4. The van der Waals surface area contributed by atoms with Crippen molar-refractivity contribution in [2.45, 2.75) is 19.9 Å². The Bertz CT molecular complexity index is 579. The number of nitrogens with two attached hydrogens (primary N) is 1. The van der Waals surface area contributed by atoms with E-state index >= 15 is 0 Å². The monoisotopic (exact) mass is 263 g/mol. The van der Waals surface area contributed by atoms with Gasteiger partial charge in [0.2, 0.25) is 0 Å². The second kappa shape index (κ2) is 5.09. The molecule has 2 aromatic carbocycles. The highest BCUT2D eigenvalue weighted by Crippen LogP contribution is 2.30. The van der Waals surface area contributed by atoms with Crippen molar-refractivity contribution in [1.29, 1.82) is 0 Å². The fourth-order valence-electron chi connectivity index (χ4n) is 2.02. The first-order chi connectivity index (χ1) is 8.50. The smallest absolute Gasteiger partial charge is 0.123 e. The topological polar surface area (TPSA) is 26.0 Å². The van der Waals surface area contributed by atoms with Gasteiger partial charge in [-0.2, -0.15) is 0 Å². The van der Waals surface area contributed by atoms with Crippen LogP contribution in [0.3, 0.4) is 0 Å². The van der Waals surface area contributed by atoms with Crippen LogP contribution in [0.1, 0.15) is 28.3 Å². The maximum Gasteiger partial charge on any atom is 0.123 e. The normalized spacial score (nSPS) is 12.5. The second-order valence-corrected chi connectivity index (χ2v) is 4.83. The first kappa shape index (κ1) is 13.1. The summed E-state index contributed by atoms with van der Waals surface area (Å²) in [5.74, 6) is -0.283. The van der Waals surface area contributed by atoms with E-state index < -0.39 is 6.04 Å². The minimum Gasteiger partial charge on any atom is -0.320 e. The minimum atomic E-state index is -0.409. The largest absolute Gasteiger partial charge is 0.320 e. The lowest BCUT2D eigenvalue weighted by atomic mass is 9.94. The molecule has 0 aromatic heterocycles. The fraction of sp³-hybridized carbons (Fsp3) is 0.200. The Labute approximate surface area is 111 Å². The van der Waals surface area contributed by atoms with Gasteiger partial charge in [0.15, 0.2) is 0 Å². The van der Waals surface area contributed by atoms with Gasteiger partial charge >= 0.3 is 0 Å². The molecule has 0 aliphatic rings. The first-order valence-corrected chi connectivity index (χ1v) is 6.15. The van der Waals surface area contributed by atoms with E-state index in [1.54, 1.807) is 6.07 Å². The molecular formula is C15H15ClFN. The molecule has 0 saturated heterocycles. The molecule has 0 bridgehead atoms. The van der Waals surface area contributed by atoms with E-state index in [2.05, 4.69) is 0 Å². The van der Waals surface area contributed by atoms with Gasteiger partial charge in [-0.3, -0.25) is 0 Å². The summed E-state index contributed by atoms with van der Waals surface area (Å²) in [4.78, 5) is 0. The van der Waals surface area contributed by atoms with Crippen molar-refractivity contribution in [3.05, 3.63) is 69.5 Å². The highest BCUT2D eigenvalue weighted by Gasteiger charge is 2.16. The SMILES string of the molecule is Cc1ccc(F)cc1C(N)c1cccc(C)c1Cl. The molecule has 0 spiro atoms. The molecule has 18 heavy (non-hydrogen) atoms. The number of aryl methyl sites for hydroxylation is 2. The zero-order valence-corrected chi connectivity index (χ0v) is 11.1. The first-order valence-electron chi connectivity index (χ1n) is 5.77. The van der Waals surface area contributed by atoms with Gasteiger partial charge in [-0.15, -0.1) is 0 Å². The van der Waals surface area contributed by atoms with E-state index in [9.17, 15) is 4.39 Å². The summed E-state index contributed by atoms with van der Waals surface area (Å²) in [6.45, 7) is 3.84. The molecule has 0 radical (unpaired) electrons. The Morgan fingerprint density at radius 2 is 1.78 bits per heavy atom. The predicted octanol–water partition coefficient (Wildman–Crippen LogP) is 4.14. The molecule has 0 aliphatic heterocycles. The zero-order chi connectivity index (χ0) is 13.3. The van der Waals surface area contributed by atoms with Crippen LogP contribution in [-0.4, -0.2) is 0 Å². The van der Waals surface area contributed by atoms with Gasteiger partial charge < -0.3 is 5.73 Å². The van der Waals surface area contributed by atoms with Crippen LogP contribution in [0.5, 0.6) is 0 Å². The highest BCUT2D eigenvalue weighted by molar-refractivity contribution is 6.32. The van der Waals surface area contributed by atoms with Crippen LogP contribution in [0.4, 0.5) is 4.39 Å². The van der Waals surface area contributed by atoms with E-state index in [0.29, 0.717) is 5.02 Å². The number of benzene rings is 2. The molecule has 2 rings (SSSR count). The molecule has 2 N–H and O–H groups in total. The summed E-state index contributed by atoms with van der Waals surface area (Å²) in [6.07, 6.45) is 0. The molecule has 1 nitrogen and oxygen atoms in total. The molecule has 0 heterocycles. The lowest BCUT2D eigenvalue weighted by Crippen LogP contribution is -2.14. The number of halogens is 2. The summed E-state index contributed by atoms with van der Waals surface area (Å²) in [5, 5.41) is 0.647. The van der Waals surface area contributed by atoms with E-state index in [1.807, 2.05) is 32.0 Å². The quantitative estimate of drug-likeness (QED) is 0.866. The maximum absolute atomic E-state index is 13.3. The van der Waals surface area contributed by atoms with Crippen LogP contribution in [0.25, 0.3) is 0 Å². The molecule has 94 valence electrons. The third-order valence-electron chi connectivity index (χ3n) is 3.13. The third-order valence-corrected chi connectivity index (χ3v) is 3.65. The fourth-order valence-corrected chi connectivity index (χ4v) is 2.27. The van der Waals surface area contributed by atoms with Gasteiger partial charge in [0.1, 0.15) is 5.82 Å². The average molecular weight is 264 g/mol. The van der Waals surface area contributed by atoms with Crippen molar-refractivity contribution in [3.63, 3.8) is 0 Å². The summed E-state index contributed by atoms with van der Waals surface area (Å²) in [5.41, 5.74) is 9.73. The molecule has 0 amide bonds. The molecular weight excluding hydrogens is 249 g/mol. The third kappa shape index (κ3) is 2.40. The summed E-state index contributed by atoms with van der Waals surface area (Å²) >= 11 is 6.26. The van der Waals surface area contributed by atoms with Crippen LogP contribution in [0, 0.1) is 19.7 Å². The van der Waals surface area contributed by atoms with Gasteiger partial charge in [-0.05, 0) is 48.2 Å². The highest BCUT2D eigenvalue weighted by atomic mass is 35.5. The van der Waals surface area contributed by atoms with Crippen LogP contribution >= 0.6 is 11.6 Å². The maximum atomic E-state index is 13.3. The van der Waals surface area contributed by atoms with Crippen LogP contribution in [-0.2, 0) is 0 Å². The summed E-state index contributed by atoms with van der Waals surface area (Å²) in [6, 6.07) is 9.94. The van der Waals surface area contributed by atoms with Crippen LogP contribution < -0.4 is 5.73 Å². The van der Waals surface area contributed by atoms with Crippen molar-refractivity contribution in [1.82, 2.24) is 0 Å². The lowest BCUT2D eigenvalue weighted by Gasteiger charge is -2.17. The number of hydrogen-bond acceptors (Lipinski definition) is 1. The van der Waals surface area contributed by atoms with E-state index in [0.717, 1.165) is 22.3 Å². The Balaban J connectivity index is 2.51. The molecule has 3 heteroatoms. The molecule has 1 atom stereocenters. The standard InChI is InChI=1S/C15H15ClFN/c1-9-6-7-11(17)8-13(9)15(18)12-5-3-4-10(2)14(12)16/h3-8,15H,18H2,1-2H3. The molecule has 1 unspecified atom stereocenters. The summed E-state index contributed by atoms with van der Waals surface area (Å²) < 4.78 is 13.3. The Morgan fingerprint density at radius 3 is 2.50 bits per heavy atom. The second-order valence-electron chi connectivity index (χ2n) is 4.46. The number of rotatable bonds is 2. The number of hydrogen-bond donors (Lipinski definition) is 1. The van der Waals surface area contributed by atoms with Gasteiger partial charge in [0.25, 0.3) is 0 Å². The molecule has 0 fully saturated rings. The van der Waals surface area contributed by atoms with E-state index in [-0.39, 0.29) is 5.82 Å². The van der Waals surface area contributed by atoms with Crippen molar-refractivity contribution >= 4 is 11.6 Å². The van der Waals surface area contributed by atoms with Gasteiger partial charge in [-0.1, -0.05) is 35.9 Å².